The van der Waals surface area contributed by atoms with E-state index in [-0.39, 0.29) is 5.91 Å². The number of anilines is 2. The Kier molecular flexibility index (Phi) is 9.66. The summed E-state index contributed by atoms with van der Waals surface area (Å²) in [6.07, 6.45) is 1.72. The first-order valence-corrected chi connectivity index (χ1v) is 14.5. The molecule has 0 unspecified atom stereocenters. The lowest BCUT2D eigenvalue weighted by molar-refractivity contribution is 0.0950. The second kappa shape index (κ2) is 14.0. The van der Waals surface area contributed by atoms with Gasteiger partial charge in [-0.05, 0) is 54.1 Å². The molecule has 1 amide bonds. The largest absolute Gasteiger partial charge is 0.497 e. The minimum Gasteiger partial charge on any atom is -0.497 e. The van der Waals surface area contributed by atoms with Crippen LogP contribution in [0, 0.1) is 0 Å². The summed E-state index contributed by atoms with van der Waals surface area (Å²) in [6.45, 7) is 4.36. The number of rotatable bonds is 11. The predicted molar refractivity (Wildman–Crippen MR) is 162 cm³/mol. The van der Waals surface area contributed by atoms with Crippen LogP contribution < -0.4 is 19.9 Å². The Morgan fingerprint density at radius 1 is 0.902 bits per heavy atom. The Morgan fingerprint density at radius 2 is 1.66 bits per heavy atom. The van der Waals surface area contributed by atoms with Crippen molar-refractivity contribution in [1.82, 2.24) is 20.3 Å². The van der Waals surface area contributed by atoms with E-state index >= 15 is 0 Å². The third kappa shape index (κ3) is 7.74. The van der Waals surface area contributed by atoms with E-state index in [1.165, 1.54) is 5.69 Å². The van der Waals surface area contributed by atoms with E-state index < -0.39 is 0 Å². The molecule has 10 heteroatoms. The molecular weight excluding hydrogens is 536 g/mol. The molecule has 3 heterocycles. The van der Waals surface area contributed by atoms with Gasteiger partial charge in [0, 0.05) is 62.6 Å². The third-order valence-corrected chi connectivity index (χ3v) is 7.74. The van der Waals surface area contributed by atoms with Crippen molar-refractivity contribution in [2.24, 2.45) is 0 Å². The summed E-state index contributed by atoms with van der Waals surface area (Å²) in [4.78, 5) is 31.1. The summed E-state index contributed by atoms with van der Waals surface area (Å²) in [6, 6.07) is 23.5. The third-order valence-electron chi connectivity index (χ3n) is 6.82. The van der Waals surface area contributed by atoms with Gasteiger partial charge in [0.15, 0.2) is 5.16 Å². The minimum absolute atomic E-state index is 0.123. The van der Waals surface area contributed by atoms with Crippen molar-refractivity contribution in [1.29, 1.82) is 0 Å². The zero-order valence-electron chi connectivity index (χ0n) is 23.3. The number of methoxy groups -OCH3 is 2. The van der Waals surface area contributed by atoms with Gasteiger partial charge in [0.25, 0.3) is 5.91 Å². The van der Waals surface area contributed by atoms with Gasteiger partial charge >= 0.3 is 0 Å². The molecule has 0 saturated carbocycles. The van der Waals surface area contributed by atoms with E-state index in [1.54, 1.807) is 32.2 Å². The van der Waals surface area contributed by atoms with Crippen molar-refractivity contribution >= 4 is 29.2 Å². The highest BCUT2D eigenvalue weighted by atomic mass is 32.2. The van der Waals surface area contributed by atoms with E-state index in [4.69, 9.17) is 19.4 Å². The Hall–Kier alpha value is -4.15. The molecule has 1 fully saturated rings. The number of carbonyl (C=O) groups is 1. The molecule has 0 radical (unpaired) electrons. The Bertz CT molecular complexity index is 1410. The molecule has 1 aliphatic heterocycles. The molecule has 0 spiro atoms. The van der Waals surface area contributed by atoms with Gasteiger partial charge in [-0.15, -0.1) is 0 Å². The van der Waals surface area contributed by atoms with E-state index in [9.17, 15) is 4.79 Å². The van der Waals surface area contributed by atoms with E-state index in [0.717, 1.165) is 54.7 Å². The molecular formula is C31H34N6O3S. The molecule has 212 valence electrons. The molecule has 1 N–H and O–H groups in total. The number of aromatic nitrogens is 3. The first kappa shape index (κ1) is 28.4. The molecule has 4 aromatic rings. The van der Waals surface area contributed by atoms with Crippen molar-refractivity contribution in [3.05, 3.63) is 102 Å². The maximum Gasteiger partial charge on any atom is 0.251 e. The highest BCUT2D eigenvalue weighted by Crippen LogP contribution is 2.26. The molecule has 1 saturated heterocycles. The summed E-state index contributed by atoms with van der Waals surface area (Å²) in [5, 5.41) is 3.63. The zero-order chi connectivity index (χ0) is 28.4. The lowest BCUT2D eigenvalue weighted by Crippen LogP contribution is -2.46. The molecule has 5 rings (SSSR count). The number of carbonyl (C=O) groups excluding carboxylic acids is 1. The van der Waals surface area contributed by atoms with Gasteiger partial charge in [0.2, 0.25) is 0 Å². The van der Waals surface area contributed by atoms with Crippen LogP contribution in [0.15, 0.2) is 84.1 Å². The van der Waals surface area contributed by atoms with Crippen molar-refractivity contribution in [2.45, 2.75) is 24.1 Å². The molecule has 41 heavy (non-hydrogen) atoms. The van der Waals surface area contributed by atoms with Crippen LogP contribution in [0.4, 0.5) is 11.5 Å². The van der Waals surface area contributed by atoms with Gasteiger partial charge < -0.3 is 24.6 Å². The van der Waals surface area contributed by atoms with Crippen LogP contribution in [0.3, 0.4) is 0 Å². The van der Waals surface area contributed by atoms with Crippen LogP contribution in [0.25, 0.3) is 0 Å². The van der Waals surface area contributed by atoms with Crippen molar-refractivity contribution in [3.8, 4) is 5.75 Å². The smallest absolute Gasteiger partial charge is 0.251 e. The fourth-order valence-corrected chi connectivity index (χ4v) is 5.40. The number of nitrogens with zero attached hydrogens (tertiary/aromatic N) is 5. The van der Waals surface area contributed by atoms with Gasteiger partial charge in [0.05, 0.1) is 31.6 Å². The number of hydrogen-bond donors (Lipinski definition) is 1. The van der Waals surface area contributed by atoms with Gasteiger partial charge in [-0.2, -0.15) is 0 Å². The van der Waals surface area contributed by atoms with E-state index in [1.807, 2.05) is 60.7 Å². The second-order valence-electron chi connectivity index (χ2n) is 9.59. The number of piperazine rings is 1. The molecule has 0 aliphatic carbocycles. The highest BCUT2D eigenvalue weighted by Gasteiger charge is 2.20. The minimum atomic E-state index is -0.123. The number of amides is 1. The molecule has 2 aromatic carbocycles. The van der Waals surface area contributed by atoms with Gasteiger partial charge in [0.1, 0.15) is 11.6 Å². The molecule has 0 bridgehead atoms. The summed E-state index contributed by atoms with van der Waals surface area (Å²) >= 11 is 1.58. The molecule has 0 atom stereocenters. The first-order chi connectivity index (χ1) is 20.1. The van der Waals surface area contributed by atoms with Crippen molar-refractivity contribution < 1.29 is 14.3 Å². The van der Waals surface area contributed by atoms with Crippen LogP contribution in [0.1, 0.15) is 27.3 Å². The van der Waals surface area contributed by atoms with Crippen molar-refractivity contribution in [3.63, 3.8) is 0 Å². The van der Waals surface area contributed by atoms with E-state index in [0.29, 0.717) is 29.6 Å². The number of pyridine rings is 1. The average Bonchev–Trinajstić information content (AvgIpc) is 3.03. The number of ether oxygens (including phenoxy) is 2. The summed E-state index contributed by atoms with van der Waals surface area (Å²) in [5.74, 6) is 2.35. The molecule has 2 aromatic heterocycles. The maximum atomic E-state index is 12.5. The molecule has 9 nitrogen and oxygen atoms in total. The number of thioether (sulfide) groups is 1. The van der Waals surface area contributed by atoms with Crippen LogP contribution in [-0.4, -0.2) is 61.3 Å². The zero-order valence-corrected chi connectivity index (χ0v) is 24.1. The van der Waals surface area contributed by atoms with E-state index in [2.05, 4.69) is 32.2 Å². The molecule has 1 aliphatic rings. The summed E-state index contributed by atoms with van der Waals surface area (Å²) < 4.78 is 10.7. The monoisotopic (exact) mass is 570 g/mol. The second-order valence-corrected chi connectivity index (χ2v) is 10.5. The number of nitrogens with one attached hydrogen (secondary N) is 1. The normalized spacial score (nSPS) is 13.2. The first-order valence-electron chi connectivity index (χ1n) is 13.5. The predicted octanol–water partition coefficient (Wildman–Crippen LogP) is 4.58. The summed E-state index contributed by atoms with van der Waals surface area (Å²) in [7, 11) is 3.36. The number of hydrogen-bond acceptors (Lipinski definition) is 9. The highest BCUT2D eigenvalue weighted by molar-refractivity contribution is 7.98. The fourth-order valence-electron chi connectivity index (χ4n) is 4.57. The standard InChI is InChI=1S/C31H34N6O3S/c1-39-21-26-19-29(37-17-15-36(16-18-37)27-10-12-28(40-2)13-11-27)35-31(34-26)41-22-23-6-8-24(9-7-23)30(38)33-20-25-5-3-4-14-32-25/h3-14,19H,15-18,20-22H2,1-2H3,(H,33,38). The summed E-state index contributed by atoms with van der Waals surface area (Å²) in [5.41, 5.74) is 4.58. The Morgan fingerprint density at radius 3 is 2.34 bits per heavy atom. The SMILES string of the molecule is COCc1cc(N2CCN(c3ccc(OC)cc3)CC2)nc(SCc2ccc(C(=O)NCc3ccccn3)cc2)n1. The van der Waals surface area contributed by atoms with Crippen molar-refractivity contribution in [2.75, 3.05) is 50.2 Å². The maximum absolute atomic E-state index is 12.5. The van der Waals surface area contributed by atoms with Gasteiger partial charge in [-0.1, -0.05) is 30.0 Å². The average molecular weight is 571 g/mol. The quantitative estimate of drug-likeness (QED) is 0.206. The van der Waals surface area contributed by atoms with Crippen LogP contribution >= 0.6 is 11.8 Å². The van der Waals surface area contributed by atoms with Crippen LogP contribution in [0.2, 0.25) is 0 Å². The lowest BCUT2D eigenvalue weighted by atomic mass is 10.1. The topological polar surface area (TPSA) is 92.7 Å². The van der Waals surface area contributed by atoms with Crippen LogP contribution in [-0.2, 0) is 23.6 Å². The van der Waals surface area contributed by atoms with Gasteiger partial charge in [-0.3, -0.25) is 9.78 Å². The number of benzene rings is 2. The Labute approximate surface area is 244 Å². The van der Waals surface area contributed by atoms with Gasteiger partial charge in [-0.25, -0.2) is 9.97 Å². The fraction of sp³-hybridized carbons (Fsp3) is 0.290. The Balaban J connectivity index is 1.18. The lowest BCUT2D eigenvalue weighted by Gasteiger charge is -2.37. The van der Waals surface area contributed by atoms with Crippen LogP contribution in [0.5, 0.6) is 5.75 Å².